The number of hydrogen-bond acceptors (Lipinski definition) is 4. The van der Waals surface area contributed by atoms with Gasteiger partial charge in [0.2, 0.25) is 5.95 Å². The molecule has 1 aromatic rings. The largest absolute Gasteiger partial charge is 0.355 e. The van der Waals surface area contributed by atoms with Crippen molar-refractivity contribution in [3.8, 4) is 0 Å². The Morgan fingerprint density at radius 2 is 2.09 bits per heavy atom. The third-order valence-corrected chi connectivity index (χ3v) is 5.53. The molecule has 5 nitrogen and oxygen atoms in total. The molecule has 124 valence electrons. The second-order valence-electron chi connectivity index (χ2n) is 7.15. The predicted molar refractivity (Wildman–Crippen MR) is 91.2 cm³/mol. The highest BCUT2D eigenvalue weighted by atomic mass is 16.1. The molecule has 1 heterocycles. The summed E-state index contributed by atoms with van der Waals surface area (Å²) in [5.74, 6) is 2.02. The van der Waals surface area contributed by atoms with Crippen molar-refractivity contribution in [3.05, 3.63) is 29.6 Å². The van der Waals surface area contributed by atoms with Crippen LogP contribution in [0.25, 0.3) is 0 Å². The highest BCUT2D eigenvalue weighted by Crippen LogP contribution is 2.59. The SMILES string of the molecule is CCNc1ncc(C(=O)NCCC2=CC[C@H]3C[C@@H]2C3(C)C)cn1. The van der Waals surface area contributed by atoms with Crippen molar-refractivity contribution < 1.29 is 4.79 Å². The van der Waals surface area contributed by atoms with Gasteiger partial charge in [-0.25, -0.2) is 9.97 Å². The Balaban J connectivity index is 1.49. The summed E-state index contributed by atoms with van der Waals surface area (Å²) in [4.78, 5) is 20.4. The van der Waals surface area contributed by atoms with E-state index in [1.54, 1.807) is 12.4 Å². The highest BCUT2D eigenvalue weighted by Gasteiger charge is 2.50. The summed E-state index contributed by atoms with van der Waals surface area (Å²) in [5, 5.41) is 6.00. The van der Waals surface area contributed by atoms with Crippen molar-refractivity contribution in [1.29, 1.82) is 0 Å². The van der Waals surface area contributed by atoms with Gasteiger partial charge in [-0.15, -0.1) is 0 Å². The van der Waals surface area contributed by atoms with Gasteiger partial charge in [-0.1, -0.05) is 25.5 Å². The predicted octanol–water partition coefficient (Wildman–Crippen LogP) is 3.02. The summed E-state index contributed by atoms with van der Waals surface area (Å²) in [7, 11) is 0. The molecule has 2 N–H and O–H groups in total. The van der Waals surface area contributed by atoms with E-state index in [2.05, 4.69) is 40.5 Å². The Morgan fingerprint density at radius 3 is 2.70 bits per heavy atom. The van der Waals surface area contributed by atoms with Crippen molar-refractivity contribution in [3.63, 3.8) is 0 Å². The van der Waals surface area contributed by atoms with Gasteiger partial charge in [-0.05, 0) is 43.4 Å². The number of carbonyl (C=O) groups excluding carboxylic acids is 1. The maximum Gasteiger partial charge on any atom is 0.254 e. The first-order chi connectivity index (χ1) is 11.0. The average molecular weight is 314 g/mol. The number of fused-ring (bicyclic) bond motifs is 1. The molecular weight excluding hydrogens is 288 g/mol. The lowest BCUT2D eigenvalue weighted by molar-refractivity contribution is -0.00811. The van der Waals surface area contributed by atoms with Gasteiger partial charge in [0.1, 0.15) is 0 Å². The molecule has 3 aliphatic carbocycles. The molecule has 4 rings (SSSR count). The van der Waals surface area contributed by atoms with E-state index in [9.17, 15) is 4.79 Å². The topological polar surface area (TPSA) is 66.9 Å². The van der Waals surface area contributed by atoms with Gasteiger partial charge >= 0.3 is 0 Å². The van der Waals surface area contributed by atoms with Crippen molar-refractivity contribution in [2.45, 2.75) is 40.0 Å². The van der Waals surface area contributed by atoms with Crippen LogP contribution in [0.5, 0.6) is 0 Å². The lowest BCUT2D eigenvalue weighted by Crippen LogP contribution is -2.48. The normalized spacial score (nSPS) is 24.4. The van der Waals surface area contributed by atoms with Crippen molar-refractivity contribution >= 4 is 11.9 Å². The van der Waals surface area contributed by atoms with Crippen LogP contribution in [0.4, 0.5) is 5.95 Å². The van der Waals surface area contributed by atoms with E-state index >= 15 is 0 Å². The minimum absolute atomic E-state index is 0.102. The van der Waals surface area contributed by atoms with Gasteiger partial charge in [0.05, 0.1) is 5.56 Å². The molecule has 1 aromatic heterocycles. The van der Waals surface area contributed by atoms with Crippen molar-refractivity contribution in [2.24, 2.45) is 17.3 Å². The van der Waals surface area contributed by atoms with Gasteiger partial charge in [0.15, 0.2) is 0 Å². The number of amides is 1. The van der Waals surface area contributed by atoms with Crippen LogP contribution in [0.1, 0.15) is 50.4 Å². The molecule has 2 bridgehead atoms. The summed E-state index contributed by atoms with van der Waals surface area (Å²) in [6.07, 6.45) is 9.01. The minimum Gasteiger partial charge on any atom is -0.355 e. The number of carbonyl (C=O) groups is 1. The number of allylic oxidation sites excluding steroid dienone is 1. The minimum atomic E-state index is -0.102. The second-order valence-corrected chi connectivity index (χ2v) is 7.15. The van der Waals surface area contributed by atoms with Gasteiger partial charge in [0.25, 0.3) is 5.91 Å². The fraction of sp³-hybridized carbons (Fsp3) is 0.611. The van der Waals surface area contributed by atoms with Crippen LogP contribution in [0.3, 0.4) is 0 Å². The highest BCUT2D eigenvalue weighted by molar-refractivity contribution is 5.93. The number of rotatable bonds is 6. The summed E-state index contributed by atoms with van der Waals surface area (Å²) >= 11 is 0. The molecule has 5 heteroatoms. The maximum atomic E-state index is 12.1. The lowest BCUT2D eigenvalue weighted by atomic mass is 9.48. The van der Waals surface area contributed by atoms with Crippen LogP contribution >= 0.6 is 0 Å². The van der Waals surface area contributed by atoms with Crippen molar-refractivity contribution in [1.82, 2.24) is 15.3 Å². The monoisotopic (exact) mass is 314 g/mol. The zero-order valence-corrected chi connectivity index (χ0v) is 14.2. The maximum absolute atomic E-state index is 12.1. The molecule has 0 saturated heterocycles. The molecule has 0 aromatic carbocycles. The fourth-order valence-electron chi connectivity index (χ4n) is 3.87. The molecule has 1 amide bonds. The number of aromatic nitrogens is 2. The second kappa shape index (κ2) is 6.30. The Morgan fingerprint density at radius 1 is 1.35 bits per heavy atom. The van der Waals surface area contributed by atoms with Crippen LogP contribution in [-0.4, -0.2) is 29.0 Å². The molecule has 3 aliphatic rings. The van der Waals surface area contributed by atoms with Crippen LogP contribution < -0.4 is 10.6 Å². The van der Waals surface area contributed by atoms with Gasteiger partial charge < -0.3 is 10.6 Å². The molecule has 0 spiro atoms. The molecular formula is C18H26N4O. The van der Waals surface area contributed by atoms with Gasteiger partial charge in [0, 0.05) is 25.5 Å². The standard InChI is InChI=1S/C18H26N4O/c1-4-19-17-21-10-13(11-22-17)16(23)20-8-7-12-5-6-14-9-15(12)18(14,2)3/h5,10-11,14-15H,4,6-9H2,1-3H3,(H,20,23)(H,19,21,22)/t14-,15-/m0/s1. The van der Waals surface area contributed by atoms with E-state index in [1.165, 1.54) is 18.4 Å². The zero-order valence-electron chi connectivity index (χ0n) is 14.2. The first kappa shape index (κ1) is 16.0. The Labute approximate surface area is 138 Å². The summed E-state index contributed by atoms with van der Waals surface area (Å²) in [6, 6.07) is 0. The molecule has 23 heavy (non-hydrogen) atoms. The Hall–Kier alpha value is -1.91. The number of anilines is 1. The van der Waals surface area contributed by atoms with E-state index in [0.29, 0.717) is 29.4 Å². The van der Waals surface area contributed by atoms with E-state index in [1.807, 2.05) is 6.92 Å². The fourth-order valence-corrected chi connectivity index (χ4v) is 3.87. The summed E-state index contributed by atoms with van der Waals surface area (Å²) in [5.41, 5.74) is 2.48. The third-order valence-electron chi connectivity index (χ3n) is 5.53. The van der Waals surface area contributed by atoms with Crippen LogP contribution in [0.2, 0.25) is 0 Å². The van der Waals surface area contributed by atoms with E-state index in [4.69, 9.17) is 0 Å². The molecule has 0 radical (unpaired) electrons. The molecule has 0 aliphatic heterocycles. The van der Waals surface area contributed by atoms with E-state index in [-0.39, 0.29) is 5.91 Å². The van der Waals surface area contributed by atoms with Crippen LogP contribution in [0, 0.1) is 17.3 Å². The zero-order chi connectivity index (χ0) is 16.4. The van der Waals surface area contributed by atoms with Gasteiger partial charge in [-0.3, -0.25) is 4.79 Å². The summed E-state index contributed by atoms with van der Waals surface area (Å²) in [6.45, 7) is 8.17. The van der Waals surface area contributed by atoms with E-state index < -0.39 is 0 Å². The van der Waals surface area contributed by atoms with Gasteiger partial charge in [-0.2, -0.15) is 0 Å². The summed E-state index contributed by atoms with van der Waals surface area (Å²) < 4.78 is 0. The number of hydrogen-bond donors (Lipinski definition) is 2. The lowest BCUT2D eigenvalue weighted by Gasteiger charge is -2.56. The molecule has 2 atom stereocenters. The van der Waals surface area contributed by atoms with E-state index in [0.717, 1.165) is 18.9 Å². The van der Waals surface area contributed by atoms with Crippen LogP contribution in [-0.2, 0) is 0 Å². The quantitative estimate of drug-likeness (QED) is 0.792. The molecule has 1 saturated carbocycles. The third kappa shape index (κ3) is 3.09. The Kier molecular flexibility index (Phi) is 4.37. The average Bonchev–Trinajstić information content (AvgIpc) is 2.55. The Bertz CT molecular complexity index is 606. The first-order valence-electron chi connectivity index (χ1n) is 8.55. The number of nitrogens with one attached hydrogen (secondary N) is 2. The van der Waals surface area contributed by atoms with Crippen molar-refractivity contribution in [2.75, 3.05) is 18.4 Å². The molecule has 1 fully saturated rings. The number of nitrogens with zero attached hydrogens (tertiary/aromatic N) is 2. The van der Waals surface area contributed by atoms with Crippen LogP contribution in [0.15, 0.2) is 24.0 Å². The first-order valence-corrected chi connectivity index (χ1v) is 8.55. The smallest absolute Gasteiger partial charge is 0.254 e. The molecule has 0 unspecified atom stereocenters.